The van der Waals surface area contributed by atoms with Gasteiger partial charge in [-0.3, -0.25) is 9.59 Å². The number of pyridine rings is 1. The first-order chi connectivity index (χ1) is 15.9. The maximum atomic E-state index is 13.3. The number of Topliss-reactive ketones (excluding diaryl/α,β-unsaturated/α-hetero) is 1. The summed E-state index contributed by atoms with van der Waals surface area (Å²) in [5.74, 6) is 0.768. The molecule has 1 atom stereocenters. The lowest BCUT2D eigenvalue weighted by Crippen LogP contribution is -2.12. The maximum Gasteiger partial charge on any atom is 0.303 e. The smallest absolute Gasteiger partial charge is 0.303 e. The summed E-state index contributed by atoms with van der Waals surface area (Å²) >= 11 is 1.90. The number of thioether (sulfide) groups is 1. The fourth-order valence-corrected chi connectivity index (χ4v) is 5.06. The molecular formula is C26H29N3O3S. The molecule has 33 heavy (non-hydrogen) atoms. The summed E-state index contributed by atoms with van der Waals surface area (Å²) in [7, 11) is 1.90. The van der Waals surface area contributed by atoms with Crippen molar-refractivity contribution in [3.63, 3.8) is 0 Å². The van der Waals surface area contributed by atoms with E-state index in [1.54, 1.807) is 13.0 Å². The fourth-order valence-electron chi connectivity index (χ4n) is 4.07. The third-order valence-electron chi connectivity index (χ3n) is 5.68. The quantitative estimate of drug-likeness (QED) is 0.286. The van der Waals surface area contributed by atoms with E-state index < -0.39 is 5.97 Å². The minimum absolute atomic E-state index is 0.0494. The number of aliphatic carboxylic acids is 1. The van der Waals surface area contributed by atoms with Gasteiger partial charge in [-0.1, -0.05) is 37.3 Å². The lowest BCUT2D eigenvalue weighted by Gasteiger charge is -2.10. The van der Waals surface area contributed by atoms with Gasteiger partial charge in [0.25, 0.3) is 0 Å². The van der Waals surface area contributed by atoms with Crippen LogP contribution in [0.1, 0.15) is 59.8 Å². The van der Waals surface area contributed by atoms with E-state index in [0.717, 1.165) is 36.5 Å². The molecule has 0 saturated carbocycles. The van der Waals surface area contributed by atoms with Gasteiger partial charge in [0.15, 0.2) is 5.78 Å². The number of ketones is 1. The number of nitriles is 1. The summed E-state index contributed by atoms with van der Waals surface area (Å²) in [6.45, 7) is 1.78. The van der Waals surface area contributed by atoms with Crippen LogP contribution in [0.3, 0.4) is 0 Å². The number of carboxylic acids is 1. The van der Waals surface area contributed by atoms with Crippen molar-refractivity contribution >= 4 is 34.5 Å². The van der Waals surface area contributed by atoms with Gasteiger partial charge >= 0.3 is 5.97 Å². The molecule has 0 radical (unpaired) electrons. The number of fused-ring (bicyclic) bond motifs is 1. The Labute approximate surface area is 198 Å². The third kappa shape index (κ3) is 6.45. The summed E-state index contributed by atoms with van der Waals surface area (Å²) in [6, 6.07) is 14.2. The molecular weight excluding hydrogens is 434 g/mol. The Morgan fingerprint density at radius 2 is 1.97 bits per heavy atom. The van der Waals surface area contributed by atoms with Crippen molar-refractivity contribution in [1.29, 1.82) is 5.26 Å². The van der Waals surface area contributed by atoms with Crippen LogP contribution in [0, 0.1) is 17.2 Å². The van der Waals surface area contributed by atoms with Crippen LogP contribution >= 0.6 is 11.8 Å². The second kappa shape index (κ2) is 11.7. The van der Waals surface area contributed by atoms with Gasteiger partial charge in [-0.25, -0.2) is 4.98 Å². The van der Waals surface area contributed by atoms with E-state index >= 15 is 0 Å². The minimum atomic E-state index is -0.908. The van der Waals surface area contributed by atoms with E-state index in [0.29, 0.717) is 22.2 Å². The first kappa shape index (κ1) is 24.5. The second-order valence-electron chi connectivity index (χ2n) is 8.41. The van der Waals surface area contributed by atoms with Crippen molar-refractivity contribution in [1.82, 2.24) is 9.55 Å². The highest BCUT2D eigenvalue weighted by Gasteiger charge is 2.24. The van der Waals surface area contributed by atoms with Crippen molar-refractivity contribution in [2.75, 3.05) is 5.75 Å². The van der Waals surface area contributed by atoms with Gasteiger partial charge in [-0.15, -0.1) is 0 Å². The number of hydrogen-bond donors (Lipinski definition) is 1. The minimum Gasteiger partial charge on any atom is -0.481 e. The Bertz CT molecular complexity index is 1160. The molecule has 0 amide bonds. The van der Waals surface area contributed by atoms with Crippen molar-refractivity contribution in [3.8, 4) is 6.07 Å². The largest absolute Gasteiger partial charge is 0.481 e. The lowest BCUT2D eigenvalue weighted by molar-refractivity contribution is -0.137. The van der Waals surface area contributed by atoms with E-state index in [2.05, 4.69) is 35.3 Å². The van der Waals surface area contributed by atoms with Gasteiger partial charge in [0.05, 0.1) is 5.56 Å². The second-order valence-corrected chi connectivity index (χ2v) is 9.52. The molecule has 0 spiro atoms. The molecule has 6 nitrogen and oxygen atoms in total. The molecule has 1 aromatic carbocycles. The zero-order valence-corrected chi connectivity index (χ0v) is 19.9. The average Bonchev–Trinajstić information content (AvgIpc) is 3.07. The number of unbranched alkanes of at least 4 members (excludes halogenated alkanes) is 1. The molecule has 0 aliphatic heterocycles. The summed E-state index contributed by atoms with van der Waals surface area (Å²) in [5.41, 5.74) is 3.90. The normalized spacial score (nSPS) is 11.9. The van der Waals surface area contributed by atoms with E-state index in [9.17, 15) is 14.9 Å². The van der Waals surface area contributed by atoms with Crippen molar-refractivity contribution in [3.05, 3.63) is 65.0 Å². The molecule has 1 unspecified atom stereocenters. The van der Waals surface area contributed by atoms with Crippen LogP contribution in [0.25, 0.3) is 11.0 Å². The molecule has 1 N–H and O–H groups in total. The summed E-state index contributed by atoms with van der Waals surface area (Å²) in [5, 5.41) is 19.0. The SMILES string of the molecule is CC(CC(=O)O)CC(=O)c1c(CCCCSCc2ccccc2)n(C)c2ncc(C#N)cc12. The molecule has 2 heterocycles. The first-order valence-corrected chi connectivity index (χ1v) is 12.3. The highest BCUT2D eigenvalue weighted by atomic mass is 32.2. The van der Waals surface area contributed by atoms with Gasteiger partial charge in [0.2, 0.25) is 0 Å². The van der Waals surface area contributed by atoms with Gasteiger partial charge in [-0.2, -0.15) is 17.0 Å². The van der Waals surface area contributed by atoms with E-state index in [1.807, 2.05) is 29.4 Å². The molecule has 0 aliphatic carbocycles. The predicted octanol–water partition coefficient (Wildman–Crippen LogP) is 5.38. The number of rotatable bonds is 12. The Hall–Kier alpha value is -3.11. The van der Waals surface area contributed by atoms with E-state index in [4.69, 9.17) is 5.11 Å². The maximum absolute atomic E-state index is 13.3. The summed E-state index contributed by atoms with van der Waals surface area (Å²) in [6.07, 6.45) is 4.32. The molecule has 7 heteroatoms. The van der Waals surface area contributed by atoms with Crippen LogP contribution in [-0.4, -0.2) is 32.2 Å². The van der Waals surface area contributed by atoms with Crippen LogP contribution in [0.4, 0.5) is 0 Å². The van der Waals surface area contributed by atoms with Crippen molar-refractivity contribution in [2.24, 2.45) is 13.0 Å². The summed E-state index contributed by atoms with van der Waals surface area (Å²) < 4.78 is 1.95. The zero-order chi connectivity index (χ0) is 23.8. The number of nitrogens with zero attached hydrogens (tertiary/aromatic N) is 3. The zero-order valence-electron chi connectivity index (χ0n) is 19.1. The Kier molecular flexibility index (Phi) is 8.67. The Morgan fingerprint density at radius 1 is 1.21 bits per heavy atom. The molecule has 0 saturated heterocycles. The molecule has 172 valence electrons. The summed E-state index contributed by atoms with van der Waals surface area (Å²) in [4.78, 5) is 28.7. The number of carbonyl (C=O) groups is 2. The average molecular weight is 464 g/mol. The molecule has 0 bridgehead atoms. The topological polar surface area (TPSA) is 96.0 Å². The van der Waals surface area contributed by atoms with Crippen LogP contribution < -0.4 is 0 Å². The standard InChI is InChI=1S/C26H29N3O3S/c1-18(13-24(31)32)12-23(30)25-21-14-20(15-27)16-28-26(21)29(2)22(25)10-6-7-11-33-17-19-8-4-3-5-9-19/h3-5,8-9,14,16,18H,6-7,10-13,17H2,1-2H3,(H,31,32). The lowest BCUT2D eigenvalue weighted by atomic mass is 9.94. The monoisotopic (exact) mass is 463 g/mol. The highest BCUT2D eigenvalue weighted by Crippen LogP contribution is 2.29. The molecule has 0 fully saturated rings. The van der Waals surface area contributed by atoms with E-state index in [-0.39, 0.29) is 24.5 Å². The first-order valence-electron chi connectivity index (χ1n) is 11.1. The fraction of sp³-hybridized carbons (Fsp3) is 0.385. The number of aromatic nitrogens is 2. The van der Waals surface area contributed by atoms with Gasteiger partial charge in [0.1, 0.15) is 11.7 Å². The molecule has 3 rings (SSSR count). The van der Waals surface area contributed by atoms with Crippen molar-refractivity contribution in [2.45, 2.75) is 44.8 Å². The van der Waals surface area contributed by atoms with Gasteiger partial charge in [-0.05, 0) is 42.6 Å². The molecule has 3 aromatic rings. The van der Waals surface area contributed by atoms with Gasteiger partial charge in [0, 0.05) is 48.5 Å². The predicted molar refractivity (Wildman–Crippen MR) is 131 cm³/mol. The number of aryl methyl sites for hydroxylation is 1. The van der Waals surface area contributed by atoms with E-state index in [1.165, 1.54) is 11.8 Å². The molecule has 0 aliphatic rings. The van der Waals surface area contributed by atoms with Gasteiger partial charge < -0.3 is 9.67 Å². The van der Waals surface area contributed by atoms with Crippen LogP contribution in [0.2, 0.25) is 0 Å². The number of carbonyl (C=O) groups excluding carboxylic acids is 1. The van der Waals surface area contributed by atoms with Crippen LogP contribution in [0.15, 0.2) is 42.6 Å². The van der Waals surface area contributed by atoms with Crippen LogP contribution in [-0.2, 0) is 24.0 Å². The highest BCUT2D eigenvalue weighted by molar-refractivity contribution is 7.98. The number of hydrogen-bond acceptors (Lipinski definition) is 5. The molecule has 2 aromatic heterocycles. The number of carboxylic acid groups (broad SMARTS) is 1. The number of benzene rings is 1. The van der Waals surface area contributed by atoms with Crippen molar-refractivity contribution < 1.29 is 14.7 Å². The Balaban J connectivity index is 1.73. The Morgan fingerprint density at radius 3 is 2.67 bits per heavy atom. The van der Waals surface area contributed by atoms with Crippen LogP contribution in [0.5, 0.6) is 0 Å². The third-order valence-corrected chi connectivity index (χ3v) is 6.79.